The predicted molar refractivity (Wildman–Crippen MR) is 140 cm³/mol. The van der Waals surface area contributed by atoms with Crippen LogP contribution in [0.5, 0.6) is 5.75 Å². The Hall–Kier alpha value is -2.34. The smallest absolute Gasteiger partial charge is 0.261 e. The number of amides is 2. The van der Waals surface area contributed by atoms with Crippen molar-refractivity contribution >= 4 is 27.7 Å². The van der Waals surface area contributed by atoms with Crippen LogP contribution in [0.3, 0.4) is 0 Å². The molecule has 0 spiro atoms. The molecule has 3 rings (SSSR count). The van der Waals surface area contributed by atoms with Gasteiger partial charge in [0.2, 0.25) is 5.91 Å². The van der Waals surface area contributed by atoms with E-state index in [-0.39, 0.29) is 29.9 Å². The molecule has 0 bridgehead atoms. The third-order valence-corrected chi connectivity index (χ3v) is 7.12. The molecule has 1 fully saturated rings. The predicted octanol–water partition coefficient (Wildman–Crippen LogP) is 5.64. The summed E-state index contributed by atoms with van der Waals surface area (Å²) in [6.07, 6.45) is 4.99. The minimum atomic E-state index is -0.563. The molecule has 1 atom stereocenters. The van der Waals surface area contributed by atoms with E-state index in [2.05, 4.69) is 42.0 Å². The zero-order chi connectivity index (χ0) is 24.7. The van der Waals surface area contributed by atoms with E-state index in [0.29, 0.717) is 18.7 Å². The first-order valence-electron chi connectivity index (χ1n) is 12.2. The normalized spacial score (nSPS) is 15.1. The molecule has 184 valence electrons. The van der Waals surface area contributed by atoms with Gasteiger partial charge in [-0.05, 0) is 70.8 Å². The second-order valence-electron chi connectivity index (χ2n) is 10.2. The van der Waals surface area contributed by atoms with E-state index in [1.807, 2.05) is 48.5 Å². The summed E-state index contributed by atoms with van der Waals surface area (Å²) in [6, 6.07) is 15.6. The summed E-state index contributed by atoms with van der Waals surface area (Å²) >= 11 is 3.58. The summed E-state index contributed by atoms with van der Waals surface area (Å²) < 4.78 is 6.71. The van der Waals surface area contributed by atoms with Gasteiger partial charge in [0.15, 0.2) is 6.61 Å². The lowest BCUT2D eigenvalue weighted by Crippen LogP contribution is -2.51. The molecular weight excluding hydrogens is 492 g/mol. The Balaban J connectivity index is 1.68. The fourth-order valence-electron chi connectivity index (χ4n) is 4.27. The zero-order valence-corrected chi connectivity index (χ0v) is 22.4. The molecule has 2 amide bonds. The highest BCUT2D eigenvalue weighted by Gasteiger charge is 2.28. The Labute approximate surface area is 212 Å². The lowest BCUT2D eigenvalue weighted by atomic mass is 9.87. The van der Waals surface area contributed by atoms with Gasteiger partial charge in [-0.2, -0.15) is 0 Å². The van der Waals surface area contributed by atoms with Crippen LogP contribution in [-0.4, -0.2) is 41.9 Å². The lowest BCUT2D eigenvalue weighted by Gasteiger charge is -2.29. The van der Waals surface area contributed by atoms with Gasteiger partial charge in [0.05, 0.1) is 4.47 Å². The van der Waals surface area contributed by atoms with Crippen molar-refractivity contribution in [3.63, 3.8) is 0 Å². The standard InChI is InChI=1S/C28H37BrN2O3/c1-20(27(33)30-23-12-8-9-13-23)31(17-16-21-10-6-5-7-11-21)26(32)19-34-25-15-14-22(18-24(25)29)28(2,3)4/h5-7,10-11,14-15,18,20,23H,8-9,12-13,16-17,19H2,1-4H3,(H,30,33)/t20-/m0/s1. The number of carbonyl (C=O) groups is 2. The molecule has 5 nitrogen and oxygen atoms in total. The van der Waals surface area contributed by atoms with Crippen LogP contribution < -0.4 is 10.1 Å². The molecule has 0 aromatic heterocycles. The highest BCUT2D eigenvalue weighted by Crippen LogP contribution is 2.31. The van der Waals surface area contributed by atoms with Crippen molar-refractivity contribution < 1.29 is 14.3 Å². The lowest BCUT2D eigenvalue weighted by molar-refractivity contribution is -0.141. The number of benzene rings is 2. The van der Waals surface area contributed by atoms with Gasteiger partial charge in [0.1, 0.15) is 11.8 Å². The summed E-state index contributed by atoms with van der Waals surface area (Å²) in [7, 11) is 0. The van der Waals surface area contributed by atoms with Crippen LogP contribution in [0.15, 0.2) is 53.0 Å². The van der Waals surface area contributed by atoms with Crippen molar-refractivity contribution in [2.24, 2.45) is 0 Å². The van der Waals surface area contributed by atoms with Crippen LogP contribution in [-0.2, 0) is 21.4 Å². The maximum absolute atomic E-state index is 13.3. The van der Waals surface area contributed by atoms with E-state index >= 15 is 0 Å². The first-order chi connectivity index (χ1) is 16.1. The molecule has 1 aliphatic carbocycles. The average Bonchev–Trinajstić information content (AvgIpc) is 3.31. The number of ether oxygens (including phenoxy) is 1. The van der Waals surface area contributed by atoms with E-state index in [0.717, 1.165) is 35.7 Å². The SMILES string of the molecule is C[C@@H](C(=O)NC1CCCC1)N(CCc1ccccc1)C(=O)COc1ccc(C(C)(C)C)cc1Br. The number of nitrogens with zero attached hydrogens (tertiary/aromatic N) is 1. The van der Waals surface area contributed by atoms with Crippen LogP contribution in [0.1, 0.15) is 64.5 Å². The van der Waals surface area contributed by atoms with Gasteiger partial charge in [-0.1, -0.05) is 70.0 Å². The molecule has 0 unspecified atom stereocenters. The number of carbonyl (C=O) groups excluding carboxylic acids is 2. The third-order valence-electron chi connectivity index (χ3n) is 6.50. The van der Waals surface area contributed by atoms with Crippen molar-refractivity contribution in [3.8, 4) is 5.75 Å². The van der Waals surface area contributed by atoms with Gasteiger partial charge in [0, 0.05) is 12.6 Å². The topological polar surface area (TPSA) is 58.6 Å². The number of nitrogens with one attached hydrogen (secondary N) is 1. The maximum Gasteiger partial charge on any atom is 0.261 e. The van der Waals surface area contributed by atoms with Crippen LogP contribution in [0, 0.1) is 0 Å². The quantitative estimate of drug-likeness (QED) is 0.457. The molecule has 0 aliphatic heterocycles. The summed E-state index contributed by atoms with van der Waals surface area (Å²) in [6.45, 7) is 8.60. The Morgan fingerprint density at radius 3 is 2.41 bits per heavy atom. The monoisotopic (exact) mass is 528 g/mol. The summed E-state index contributed by atoms with van der Waals surface area (Å²) in [4.78, 5) is 27.9. The Bertz CT molecular complexity index is 965. The van der Waals surface area contributed by atoms with E-state index in [9.17, 15) is 9.59 Å². The van der Waals surface area contributed by atoms with E-state index in [1.54, 1.807) is 11.8 Å². The summed E-state index contributed by atoms with van der Waals surface area (Å²) in [5.74, 6) is 0.327. The molecule has 1 saturated carbocycles. The molecule has 1 N–H and O–H groups in total. The maximum atomic E-state index is 13.3. The van der Waals surface area contributed by atoms with Crippen molar-refractivity contribution in [1.82, 2.24) is 10.2 Å². The van der Waals surface area contributed by atoms with Crippen molar-refractivity contribution in [3.05, 3.63) is 64.1 Å². The number of halogens is 1. The molecule has 0 heterocycles. The van der Waals surface area contributed by atoms with Crippen LogP contribution in [0.4, 0.5) is 0 Å². The number of rotatable bonds is 9. The highest BCUT2D eigenvalue weighted by atomic mass is 79.9. The minimum Gasteiger partial charge on any atom is -0.483 e. The Morgan fingerprint density at radius 1 is 1.12 bits per heavy atom. The van der Waals surface area contributed by atoms with Gasteiger partial charge in [-0.25, -0.2) is 0 Å². The van der Waals surface area contributed by atoms with Crippen molar-refractivity contribution in [1.29, 1.82) is 0 Å². The molecule has 1 aliphatic rings. The van der Waals surface area contributed by atoms with Gasteiger partial charge >= 0.3 is 0 Å². The molecule has 0 saturated heterocycles. The van der Waals surface area contributed by atoms with E-state index in [4.69, 9.17) is 4.74 Å². The van der Waals surface area contributed by atoms with Crippen molar-refractivity contribution in [2.45, 2.75) is 77.3 Å². The molecule has 2 aromatic carbocycles. The first kappa shape index (κ1) is 26.3. The second-order valence-corrected chi connectivity index (χ2v) is 11.0. The first-order valence-corrected chi connectivity index (χ1v) is 13.0. The largest absolute Gasteiger partial charge is 0.483 e. The van der Waals surface area contributed by atoms with Gasteiger partial charge in [-0.3, -0.25) is 9.59 Å². The van der Waals surface area contributed by atoms with Gasteiger partial charge in [0.25, 0.3) is 5.91 Å². The highest BCUT2D eigenvalue weighted by molar-refractivity contribution is 9.10. The van der Waals surface area contributed by atoms with Gasteiger partial charge in [-0.15, -0.1) is 0 Å². The molecular formula is C28H37BrN2O3. The molecule has 2 aromatic rings. The summed E-state index contributed by atoms with van der Waals surface area (Å²) in [5, 5.41) is 3.13. The number of hydrogen-bond acceptors (Lipinski definition) is 3. The van der Waals surface area contributed by atoms with Gasteiger partial charge < -0.3 is 15.0 Å². The second kappa shape index (κ2) is 11.9. The fraction of sp³-hybridized carbons (Fsp3) is 0.500. The van der Waals surface area contributed by atoms with E-state index < -0.39 is 6.04 Å². The van der Waals surface area contributed by atoms with Crippen LogP contribution >= 0.6 is 15.9 Å². The molecule has 6 heteroatoms. The van der Waals surface area contributed by atoms with E-state index in [1.165, 1.54) is 5.56 Å². The number of hydrogen-bond donors (Lipinski definition) is 1. The van der Waals surface area contributed by atoms with Crippen LogP contribution in [0.25, 0.3) is 0 Å². The minimum absolute atomic E-state index is 0.0210. The molecule has 34 heavy (non-hydrogen) atoms. The Morgan fingerprint density at radius 2 is 1.79 bits per heavy atom. The van der Waals surface area contributed by atoms with Crippen molar-refractivity contribution in [2.75, 3.05) is 13.2 Å². The average molecular weight is 530 g/mol. The Kier molecular flexibility index (Phi) is 9.17. The summed E-state index contributed by atoms with van der Waals surface area (Å²) in [5.41, 5.74) is 2.33. The zero-order valence-electron chi connectivity index (χ0n) is 20.8. The third kappa shape index (κ3) is 7.33. The van der Waals surface area contributed by atoms with Crippen LogP contribution in [0.2, 0.25) is 0 Å². The fourth-order valence-corrected chi connectivity index (χ4v) is 4.76. The molecule has 0 radical (unpaired) electrons.